The van der Waals surface area contributed by atoms with Gasteiger partial charge in [0.2, 0.25) is 5.91 Å². The molecule has 7 nitrogen and oxygen atoms in total. The van der Waals surface area contributed by atoms with Gasteiger partial charge in [-0.15, -0.1) is 0 Å². The van der Waals surface area contributed by atoms with E-state index in [9.17, 15) is 14.8 Å². The third-order valence-electron chi connectivity index (χ3n) is 2.99. The van der Waals surface area contributed by atoms with Gasteiger partial charge in [-0.25, -0.2) is 4.79 Å². The predicted molar refractivity (Wildman–Crippen MR) is 98.5 cm³/mol. The first-order chi connectivity index (χ1) is 11.9. The molecule has 0 unspecified atom stereocenters. The number of urea groups is 1. The van der Waals surface area contributed by atoms with E-state index in [0.717, 1.165) is 16.5 Å². The van der Waals surface area contributed by atoms with Crippen LogP contribution in [0.25, 0.3) is 0 Å². The minimum absolute atomic E-state index is 0.0495. The fourth-order valence-electron chi connectivity index (χ4n) is 1.93. The highest BCUT2D eigenvalue weighted by molar-refractivity contribution is 7.99. The molecule has 25 heavy (non-hydrogen) atoms. The molecule has 2 aromatic rings. The second-order valence-corrected chi connectivity index (χ2v) is 6.53. The SMILES string of the molecule is CC(C)NC(=O)Nc1ccc(NC(=O)CSc2cccc[n+]2[O-])cc1. The average Bonchev–Trinajstić information content (AvgIpc) is 2.55. The number of carbonyl (C=O) groups is 2. The second kappa shape index (κ2) is 8.93. The molecule has 132 valence electrons. The summed E-state index contributed by atoms with van der Waals surface area (Å²) >= 11 is 1.16. The third kappa shape index (κ3) is 6.34. The van der Waals surface area contributed by atoms with Crippen molar-refractivity contribution >= 4 is 35.1 Å². The Balaban J connectivity index is 1.83. The Hall–Kier alpha value is -2.74. The molecule has 3 N–H and O–H groups in total. The summed E-state index contributed by atoms with van der Waals surface area (Å²) in [6.07, 6.45) is 1.39. The van der Waals surface area contributed by atoms with E-state index >= 15 is 0 Å². The molecule has 0 fully saturated rings. The van der Waals surface area contributed by atoms with Gasteiger partial charge in [0.15, 0.2) is 6.20 Å². The number of nitrogens with one attached hydrogen (secondary N) is 3. The van der Waals surface area contributed by atoms with E-state index in [-0.39, 0.29) is 23.7 Å². The van der Waals surface area contributed by atoms with Crippen LogP contribution in [0.2, 0.25) is 0 Å². The van der Waals surface area contributed by atoms with Crippen molar-refractivity contribution in [2.24, 2.45) is 0 Å². The molecular weight excluding hydrogens is 340 g/mol. The summed E-state index contributed by atoms with van der Waals surface area (Å²) in [5.74, 6) is -0.0876. The number of benzene rings is 1. The number of rotatable bonds is 6. The van der Waals surface area contributed by atoms with Crippen LogP contribution in [0, 0.1) is 5.21 Å². The standard InChI is InChI=1S/C17H20N4O3S/c1-12(2)18-17(23)20-14-8-6-13(7-9-14)19-15(22)11-25-16-5-3-4-10-21(16)24/h3-10,12H,11H2,1-2H3,(H,19,22)(H2,18,20,23). The fraction of sp³-hybridized carbons (Fsp3) is 0.235. The zero-order chi connectivity index (χ0) is 18.2. The molecule has 0 aliphatic heterocycles. The smallest absolute Gasteiger partial charge is 0.319 e. The van der Waals surface area contributed by atoms with Gasteiger partial charge in [0.25, 0.3) is 5.03 Å². The third-order valence-corrected chi connectivity index (χ3v) is 4.00. The highest BCUT2D eigenvalue weighted by atomic mass is 32.2. The van der Waals surface area contributed by atoms with Crippen LogP contribution in [0.3, 0.4) is 0 Å². The number of aromatic nitrogens is 1. The Morgan fingerprint density at radius 3 is 2.32 bits per heavy atom. The van der Waals surface area contributed by atoms with E-state index in [1.807, 2.05) is 13.8 Å². The summed E-state index contributed by atoms with van der Waals surface area (Å²) in [6.45, 7) is 3.75. The lowest BCUT2D eigenvalue weighted by atomic mass is 10.3. The number of thioether (sulfide) groups is 1. The molecule has 0 radical (unpaired) electrons. The van der Waals surface area contributed by atoms with Crippen LogP contribution in [0.15, 0.2) is 53.7 Å². The zero-order valence-electron chi connectivity index (χ0n) is 14.0. The van der Waals surface area contributed by atoms with Crippen LogP contribution in [0.1, 0.15) is 13.8 Å². The Morgan fingerprint density at radius 1 is 1.08 bits per heavy atom. The first-order valence-electron chi connectivity index (χ1n) is 7.72. The minimum atomic E-state index is -0.281. The van der Waals surface area contributed by atoms with Crippen LogP contribution < -0.4 is 20.7 Å². The maximum atomic E-state index is 12.0. The van der Waals surface area contributed by atoms with E-state index < -0.39 is 0 Å². The number of pyridine rings is 1. The number of amides is 3. The number of hydrogen-bond donors (Lipinski definition) is 3. The molecule has 1 heterocycles. The molecule has 0 atom stereocenters. The summed E-state index contributed by atoms with van der Waals surface area (Å²) in [7, 11) is 0. The summed E-state index contributed by atoms with van der Waals surface area (Å²) in [5.41, 5.74) is 1.24. The Kier molecular flexibility index (Phi) is 6.64. The van der Waals surface area contributed by atoms with E-state index in [0.29, 0.717) is 16.4 Å². The number of anilines is 2. The van der Waals surface area contributed by atoms with E-state index in [2.05, 4.69) is 16.0 Å². The second-order valence-electron chi connectivity index (χ2n) is 5.53. The molecule has 0 saturated heterocycles. The first-order valence-corrected chi connectivity index (χ1v) is 8.71. The fourth-order valence-corrected chi connectivity index (χ4v) is 2.64. The maximum absolute atomic E-state index is 12.0. The van der Waals surface area contributed by atoms with Gasteiger partial charge >= 0.3 is 6.03 Å². The molecule has 0 saturated carbocycles. The van der Waals surface area contributed by atoms with Crippen LogP contribution in [0.5, 0.6) is 0 Å². The largest absolute Gasteiger partial charge is 0.618 e. The lowest BCUT2D eigenvalue weighted by molar-refractivity contribution is -0.645. The van der Waals surface area contributed by atoms with Gasteiger partial charge in [0.1, 0.15) is 0 Å². The van der Waals surface area contributed by atoms with E-state index in [1.54, 1.807) is 42.5 Å². The Bertz CT molecular complexity index is 735. The average molecular weight is 360 g/mol. The van der Waals surface area contributed by atoms with Crippen molar-refractivity contribution in [3.8, 4) is 0 Å². The molecule has 3 amide bonds. The van der Waals surface area contributed by atoms with Crippen LogP contribution in [-0.2, 0) is 4.79 Å². The maximum Gasteiger partial charge on any atom is 0.319 e. The molecule has 8 heteroatoms. The zero-order valence-corrected chi connectivity index (χ0v) is 14.8. The lowest BCUT2D eigenvalue weighted by Crippen LogP contribution is -2.34. The van der Waals surface area contributed by atoms with Crippen molar-refractivity contribution in [2.75, 3.05) is 16.4 Å². The van der Waals surface area contributed by atoms with Gasteiger partial charge in [-0.05, 0) is 55.9 Å². The normalized spacial score (nSPS) is 10.4. The molecule has 2 rings (SSSR count). The van der Waals surface area contributed by atoms with Crippen LogP contribution >= 0.6 is 11.8 Å². The number of carbonyl (C=O) groups excluding carboxylic acids is 2. The molecule has 0 aliphatic rings. The Morgan fingerprint density at radius 2 is 1.72 bits per heavy atom. The first kappa shape index (κ1) is 18.6. The van der Waals surface area contributed by atoms with Gasteiger partial charge in [-0.2, -0.15) is 4.73 Å². The van der Waals surface area contributed by atoms with Crippen molar-refractivity contribution < 1.29 is 14.3 Å². The monoisotopic (exact) mass is 360 g/mol. The van der Waals surface area contributed by atoms with E-state index in [1.165, 1.54) is 6.20 Å². The minimum Gasteiger partial charge on any atom is -0.618 e. The van der Waals surface area contributed by atoms with Crippen LogP contribution in [0.4, 0.5) is 16.2 Å². The van der Waals surface area contributed by atoms with Crippen molar-refractivity contribution in [3.05, 3.63) is 53.9 Å². The topological polar surface area (TPSA) is 97.2 Å². The van der Waals surface area contributed by atoms with E-state index in [4.69, 9.17) is 0 Å². The molecule has 0 spiro atoms. The molecule has 1 aromatic heterocycles. The van der Waals surface area contributed by atoms with Crippen molar-refractivity contribution in [3.63, 3.8) is 0 Å². The number of hydrogen-bond acceptors (Lipinski definition) is 4. The van der Waals surface area contributed by atoms with Gasteiger partial charge in [-0.3, -0.25) is 4.79 Å². The summed E-state index contributed by atoms with van der Waals surface area (Å²) in [5, 5.41) is 20.1. The Labute approximate surface area is 150 Å². The van der Waals surface area contributed by atoms with Gasteiger partial charge in [0, 0.05) is 29.5 Å². The molecule has 1 aromatic carbocycles. The molecule has 0 aliphatic carbocycles. The van der Waals surface area contributed by atoms with Crippen molar-refractivity contribution in [1.29, 1.82) is 0 Å². The van der Waals surface area contributed by atoms with Gasteiger partial charge < -0.3 is 21.2 Å². The van der Waals surface area contributed by atoms with Crippen molar-refractivity contribution in [2.45, 2.75) is 24.9 Å². The highest BCUT2D eigenvalue weighted by Gasteiger charge is 2.09. The summed E-state index contributed by atoms with van der Waals surface area (Å²) < 4.78 is 0.723. The van der Waals surface area contributed by atoms with Crippen LogP contribution in [-0.4, -0.2) is 23.7 Å². The van der Waals surface area contributed by atoms with Gasteiger partial charge in [-0.1, -0.05) is 0 Å². The quantitative estimate of drug-likeness (QED) is 0.419. The van der Waals surface area contributed by atoms with Crippen molar-refractivity contribution in [1.82, 2.24) is 5.32 Å². The molecular formula is C17H20N4O3S. The number of nitrogens with zero attached hydrogens (tertiary/aromatic N) is 1. The molecule has 0 bridgehead atoms. The lowest BCUT2D eigenvalue weighted by Gasteiger charge is -2.11. The highest BCUT2D eigenvalue weighted by Crippen LogP contribution is 2.16. The summed E-state index contributed by atoms with van der Waals surface area (Å²) in [4.78, 5) is 23.6. The van der Waals surface area contributed by atoms with Gasteiger partial charge in [0.05, 0.1) is 5.75 Å². The predicted octanol–water partition coefficient (Wildman–Crippen LogP) is 2.58. The summed E-state index contributed by atoms with van der Waals surface area (Å²) in [6, 6.07) is 11.6.